The molecule has 0 aromatic heterocycles. The van der Waals surface area contributed by atoms with Gasteiger partial charge < -0.3 is 0 Å². The summed E-state index contributed by atoms with van der Waals surface area (Å²) in [5.74, 6) is 0. The van der Waals surface area contributed by atoms with E-state index >= 15 is 0 Å². The molecule has 0 aliphatic carbocycles. The average Bonchev–Trinajstić information content (AvgIpc) is 3.00. The molecule has 0 amide bonds. The zero-order chi connectivity index (χ0) is 25.1. The standard InChI is InChI=1S/C38H24/c1-4-10-33-26(7-1)17-18-28-19-20-31-23-29(21-22-34(31)38(28)33)25-13-15-27(16-14-25)37-24-30-8-2-3-9-32(30)35-11-5-6-12-36(35)37/h1-24H. The van der Waals surface area contributed by atoms with Gasteiger partial charge in [0.15, 0.2) is 0 Å². The van der Waals surface area contributed by atoms with E-state index in [0.29, 0.717) is 0 Å². The number of rotatable bonds is 2. The molecule has 0 nitrogen and oxygen atoms in total. The molecule has 0 aliphatic rings. The van der Waals surface area contributed by atoms with Crippen LogP contribution in [0.5, 0.6) is 0 Å². The molecule has 0 atom stereocenters. The summed E-state index contributed by atoms with van der Waals surface area (Å²) in [6.07, 6.45) is 0. The molecule has 0 N–H and O–H groups in total. The van der Waals surface area contributed by atoms with Gasteiger partial charge in [-0.1, -0.05) is 133 Å². The van der Waals surface area contributed by atoms with E-state index in [9.17, 15) is 0 Å². The van der Waals surface area contributed by atoms with Crippen molar-refractivity contribution < 1.29 is 0 Å². The van der Waals surface area contributed by atoms with Crippen LogP contribution in [-0.4, -0.2) is 0 Å². The highest BCUT2D eigenvalue weighted by atomic mass is 14.1. The third-order valence-corrected chi connectivity index (χ3v) is 8.02. The quantitative estimate of drug-likeness (QED) is 0.216. The Hall–Kier alpha value is -4.94. The topological polar surface area (TPSA) is 0 Å². The summed E-state index contributed by atoms with van der Waals surface area (Å²) < 4.78 is 0. The van der Waals surface area contributed by atoms with Gasteiger partial charge in [0.25, 0.3) is 0 Å². The first kappa shape index (κ1) is 21.2. The van der Waals surface area contributed by atoms with E-state index in [2.05, 4.69) is 146 Å². The molecule has 8 aromatic rings. The first-order chi connectivity index (χ1) is 18.8. The van der Waals surface area contributed by atoms with Crippen LogP contribution in [0.1, 0.15) is 0 Å². The van der Waals surface area contributed by atoms with Gasteiger partial charge in [-0.25, -0.2) is 0 Å². The van der Waals surface area contributed by atoms with E-state index < -0.39 is 0 Å². The highest BCUT2D eigenvalue weighted by molar-refractivity contribution is 6.20. The Kier molecular flexibility index (Phi) is 4.62. The summed E-state index contributed by atoms with van der Waals surface area (Å²) in [7, 11) is 0. The molecule has 0 saturated carbocycles. The van der Waals surface area contributed by atoms with Gasteiger partial charge in [0.1, 0.15) is 0 Å². The minimum absolute atomic E-state index is 1.23. The fourth-order valence-electron chi connectivity index (χ4n) is 6.15. The van der Waals surface area contributed by atoms with Crippen LogP contribution < -0.4 is 0 Å². The van der Waals surface area contributed by atoms with E-state index in [1.165, 1.54) is 76.1 Å². The maximum absolute atomic E-state index is 2.33. The molecule has 0 aliphatic heterocycles. The lowest BCUT2D eigenvalue weighted by molar-refractivity contribution is 1.63. The Bertz CT molecular complexity index is 2160. The fraction of sp³-hybridized carbons (Fsp3) is 0. The summed E-state index contributed by atoms with van der Waals surface area (Å²) >= 11 is 0. The molecule has 0 saturated heterocycles. The van der Waals surface area contributed by atoms with Crippen LogP contribution in [0.4, 0.5) is 0 Å². The first-order valence-corrected chi connectivity index (χ1v) is 13.2. The molecule has 8 aromatic carbocycles. The van der Waals surface area contributed by atoms with Crippen molar-refractivity contribution in [3.8, 4) is 22.3 Å². The molecule has 0 heterocycles. The Labute approximate surface area is 221 Å². The lowest BCUT2D eigenvalue weighted by Crippen LogP contribution is -1.86. The molecule has 38 heavy (non-hydrogen) atoms. The van der Waals surface area contributed by atoms with Crippen molar-refractivity contribution in [2.45, 2.75) is 0 Å². The minimum Gasteiger partial charge on any atom is -0.0616 e. The van der Waals surface area contributed by atoms with E-state index in [-0.39, 0.29) is 0 Å². The number of hydrogen-bond donors (Lipinski definition) is 0. The monoisotopic (exact) mass is 480 g/mol. The zero-order valence-electron chi connectivity index (χ0n) is 20.9. The zero-order valence-corrected chi connectivity index (χ0v) is 20.9. The van der Waals surface area contributed by atoms with E-state index in [0.717, 1.165) is 0 Å². The van der Waals surface area contributed by atoms with Crippen molar-refractivity contribution >= 4 is 53.9 Å². The van der Waals surface area contributed by atoms with Gasteiger partial charge in [-0.05, 0) is 88.2 Å². The lowest BCUT2D eigenvalue weighted by atomic mass is 9.91. The van der Waals surface area contributed by atoms with Crippen molar-refractivity contribution in [1.29, 1.82) is 0 Å². The Balaban J connectivity index is 1.25. The van der Waals surface area contributed by atoms with Gasteiger partial charge in [-0.15, -0.1) is 0 Å². The van der Waals surface area contributed by atoms with Crippen molar-refractivity contribution in [3.05, 3.63) is 146 Å². The van der Waals surface area contributed by atoms with Gasteiger partial charge in [-0.2, -0.15) is 0 Å². The van der Waals surface area contributed by atoms with Crippen LogP contribution >= 0.6 is 0 Å². The molecule has 0 heteroatoms. The molecule has 0 unspecified atom stereocenters. The Morgan fingerprint density at radius 3 is 1.61 bits per heavy atom. The lowest BCUT2D eigenvalue weighted by Gasteiger charge is -2.12. The minimum atomic E-state index is 1.23. The van der Waals surface area contributed by atoms with Gasteiger partial charge in [0.05, 0.1) is 0 Å². The van der Waals surface area contributed by atoms with Crippen LogP contribution in [0.3, 0.4) is 0 Å². The maximum Gasteiger partial charge on any atom is -0.00268 e. The largest absolute Gasteiger partial charge is 0.0616 e. The van der Waals surface area contributed by atoms with Crippen LogP contribution in [-0.2, 0) is 0 Å². The van der Waals surface area contributed by atoms with E-state index in [1.54, 1.807) is 0 Å². The first-order valence-electron chi connectivity index (χ1n) is 13.2. The van der Waals surface area contributed by atoms with Crippen molar-refractivity contribution in [3.63, 3.8) is 0 Å². The molecule has 0 spiro atoms. The van der Waals surface area contributed by atoms with E-state index in [4.69, 9.17) is 0 Å². The summed E-state index contributed by atoms with van der Waals surface area (Å²) in [5, 5.41) is 13.0. The molecule has 0 fully saturated rings. The number of hydrogen-bond acceptors (Lipinski definition) is 0. The van der Waals surface area contributed by atoms with Crippen LogP contribution in [0.2, 0.25) is 0 Å². The van der Waals surface area contributed by atoms with Gasteiger partial charge in [-0.3, -0.25) is 0 Å². The fourth-order valence-corrected chi connectivity index (χ4v) is 6.15. The van der Waals surface area contributed by atoms with Crippen LogP contribution in [0, 0.1) is 0 Å². The highest BCUT2D eigenvalue weighted by Crippen LogP contribution is 2.37. The van der Waals surface area contributed by atoms with Gasteiger partial charge >= 0.3 is 0 Å². The molecule has 8 rings (SSSR count). The van der Waals surface area contributed by atoms with Crippen LogP contribution in [0.25, 0.3) is 76.1 Å². The molecule has 0 bridgehead atoms. The second kappa shape index (κ2) is 8.30. The SMILES string of the molecule is c1ccc2c(c1)cc(-c1ccc(-c3ccc4c(ccc5ccc6ccccc6c54)c3)cc1)c1ccccc12. The number of fused-ring (bicyclic) bond motifs is 8. The highest BCUT2D eigenvalue weighted by Gasteiger charge is 2.10. The third kappa shape index (κ3) is 3.24. The predicted octanol–water partition coefficient (Wildman–Crippen LogP) is 10.8. The summed E-state index contributed by atoms with van der Waals surface area (Å²) in [5.41, 5.74) is 5.00. The smallest absolute Gasteiger partial charge is 0.00268 e. The second-order valence-electron chi connectivity index (χ2n) is 10.2. The molecule has 176 valence electrons. The molecule has 0 radical (unpaired) electrons. The molecular weight excluding hydrogens is 456 g/mol. The van der Waals surface area contributed by atoms with Crippen LogP contribution in [0.15, 0.2) is 146 Å². The van der Waals surface area contributed by atoms with Crippen molar-refractivity contribution in [2.75, 3.05) is 0 Å². The maximum atomic E-state index is 2.33. The Morgan fingerprint density at radius 2 is 0.789 bits per heavy atom. The van der Waals surface area contributed by atoms with Gasteiger partial charge in [0.2, 0.25) is 0 Å². The van der Waals surface area contributed by atoms with E-state index in [1.807, 2.05) is 0 Å². The normalized spacial score (nSPS) is 11.7. The summed E-state index contributed by atoms with van der Waals surface area (Å²) in [6, 6.07) is 53.3. The molecular formula is C38H24. The average molecular weight is 481 g/mol. The Morgan fingerprint density at radius 1 is 0.263 bits per heavy atom. The third-order valence-electron chi connectivity index (χ3n) is 8.02. The van der Waals surface area contributed by atoms with Crippen molar-refractivity contribution in [2.24, 2.45) is 0 Å². The van der Waals surface area contributed by atoms with Gasteiger partial charge in [0, 0.05) is 0 Å². The summed E-state index contributed by atoms with van der Waals surface area (Å²) in [4.78, 5) is 0. The summed E-state index contributed by atoms with van der Waals surface area (Å²) in [6.45, 7) is 0. The predicted molar refractivity (Wildman–Crippen MR) is 165 cm³/mol. The second-order valence-corrected chi connectivity index (χ2v) is 10.2. The number of benzene rings is 8. The van der Waals surface area contributed by atoms with Crippen molar-refractivity contribution in [1.82, 2.24) is 0 Å².